The molecule has 34 heavy (non-hydrogen) atoms. The Balaban J connectivity index is 1.66. The molecule has 0 radical (unpaired) electrons. The predicted octanol–water partition coefficient (Wildman–Crippen LogP) is 4.07. The van der Waals surface area contributed by atoms with Crippen molar-refractivity contribution < 1.29 is 4.79 Å². The SMILES string of the molecule is CCCCC(=O)n1nc(C(C)(C)C)n(Cc2ccc(-c3ccccc3-c3nn[nH]n3)cc2)c1=O. The van der Waals surface area contributed by atoms with Crippen molar-refractivity contribution in [2.75, 3.05) is 0 Å². The van der Waals surface area contributed by atoms with Gasteiger partial charge in [-0.3, -0.25) is 9.36 Å². The lowest BCUT2D eigenvalue weighted by molar-refractivity contribution is 0.0877. The summed E-state index contributed by atoms with van der Waals surface area (Å²) in [5.74, 6) is 0.861. The summed E-state index contributed by atoms with van der Waals surface area (Å²) in [5.41, 5.74) is 3.02. The van der Waals surface area contributed by atoms with Crippen LogP contribution in [0, 0.1) is 0 Å². The van der Waals surface area contributed by atoms with Gasteiger partial charge in [0, 0.05) is 17.4 Å². The molecule has 0 atom stereocenters. The second-order valence-electron chi connectivity index (χ2n) is 9.33. The fourth-order valence-corrected chi connectivity index (χ4v) is 3.87. The van der Waals surface area contributed by atoms with Gasteiger partial charge in [0.25, 0.3) is 5.91 Å². The number of hydrogen-bond acceptors (Lipinski definition) is 6. The summed E-state index contributed by atoms with van der Waals surface area (Å²) >= 11 is 0. The van der Waals surface area contributed by atoms with Crippen molar-refractivity contribution in [2.45, 2.75) is 58.9 Å². The molecule has 0 aliphatic rings. The molecule has 1 N–H and O–H groups in total. The average molecular weight is 460 g/mol. The van der Waals surface area contributed by atoms with Crippen LogP contribution in [0.3, 0.4) is 0 Å². The van der Waals surface area contributed by atoms with Crippen LogP contribution >= 0.6 is 0 Å². The van der Waals surface area contributed by atoms with Crippen LogP contribution in [0.25, 0.3) is 22.5 Å². The number of rotatable bonds is 7. The highest BCUT2D eigenvalue weighted by atomic mass is 16.2. The van der Waals surface area contributed by atoms with Crippen LogP contribution in [0.5, 0.6) is 0 Å². The third-order valence-electron chi connectivity index (χ3n) is 5.63. The fraction of sp³-hybridized carbons (Fsp3) is 0.360. The maximum Gasteiger partial charge on any atom is 0.353 e. The van der Waals surface area contributed by atoms with E-state index >= 15 is 0 Å². The molecule has 0 amide bonds. The van der Waals surface area contributed by atoms with Crippen molar-refractivity contribution in [1.82, 2.24) is 35.0 Å². The van der Waals surface area contributed by atoms with Crippen LogP contribution in [0.2, 0.25) is 0 Å². The van der Waals surface area contributed by atoms with Gasteiger partial charge in [-0.25, -0.2) is 4.79 Å². The monoisotopic (exact) mass is 459 g/mol. The number of carbonyl (C=O) groups is 1. The van der Waals surface area contributed by atoms with E-state index in [0.717, 1.165) is 39.8 Å². The molecule has 0 bridgehead atoms. The van der Waals surface area contributed by atoms with E-state index < -0.39 is 5.69 Å². The molecule has 0 saturated carbocycles. The van der Waals surface area contributed by atoms with Gasteiger partial charge >= 0.3 is 5.69 Å². The maximum atomic E-state index is 13.1. The molecule has 0 spiro atoms. The Labute approximate surface area is 197 Å². The molecule has 0 aliphatic heterocycles. The molecule has 2 aromatic heterocycles. The van der Waals surface area contributed by atoms with Crippen molar-refractivity contribution >= 4 is 5.91 Å². The topological polar surface area (TPSA) is 111 Å². The molecule has 0 fully saturated rings. The Bertz CT molecular complexity index is 1330. The van der Waals surface area contributed by atoms with E-state index in [9.17, 15) is 9.59 Å². The third-order valence-corrected chi connectivity index (χ3v) is 5.63. The summed E-state index contributed by atoms with van der Waals surface area (Å²) in [7, 11) is 0. The number of carbonyl (C=O) groups excluding carboxylic acids is 1. The van der Waals surface area contributed by atoms with E-state index in [2.05, 4.69) is 25.7 Å². The maximum absolute atomic E-state index is 13.1. The summed E-state index contributed by atoms with van der Waals surface area (Å²) in [6, 6.07) is 15.8. The summed E-state index contributed by atoms with van der Waals surface area (Å²) in [4.78, 5) is 25.7. The normalized spacial score (nSPS) is 11.6. The Morgan fingerprint density at radius 3 is 2.35 bits per heavy atom. The van der Waals surface area contributed by atoms with Gasteiger partial charge in [0.15, 0.2) is 0 Å². The molecule has 0 unspecified atom stereocenters. The van der Waals surface area contributed by atoms with Gasteiger partial charge in [-0.1, -0.05) is 82.6 Å². The minimum Gasteiger partial charge on any atom is -0.274 e. The molecule has 2 heterocycles. The number of aromatic amines is 1. The van der Waals surface area contributed by atoms with Crippen molar-refractivity contribution in [2.24, 2.45) is 0 Å². The van der Waals surface area contributed by atoms with Gasteiger partial charge in [0.2, 0.25) is 5.82 Å². The van der Waals surface area contributed by atoms with Gasteiger partial charge in [0.1, 0.15) is 5.82 Å². The van der Waals surface area contributed by atoms with Gasteiger partial charge in [0.05, 0.1) is 6.54 Å². The number of tetrazole rings is 1. The molecule has 0 aliphatic carbocycles. The first-order chi connectivity index (χ1) is 16.3. The van der Waals surface area contributed by atoms with Crippen molar-refractivity contribution in [3.8, 4) is 22.5 Å². The van der Waals surface area contributed by atoms with Gasteiger partial charge in [-0.15, -0.1) is 20.0 Å². The number of H-pyrrole nitrogens is 1. The number of aromatic nitrogens is 7. The zero-order valence-corrected chi connectivity index (χ0v) is 19.9. The lowest BCUT2D eigenvalue weighted by atomic mass is 9.95. The smallest absolute Gasteiger partial charge is 0.274 e. The van der Waals surface area contributed by atoms with Gasteiger partial charge in [-0.05, 0) is 28.3 Å². The molecule has 4 aromatic rings. The lowest BCUT2D eigenvalue weighted by Crippen LogP contribution is -2.31. The molecule has 0 saturated heterocycles. The average Bonchev–Trinajstić information content (AvgIpc) is 3.47. The highest BCUT2D eigenvalue weighted by molar-refractivity contribution is 5.80. The van der Waals surface area contributed by atoms with E-state index in [1.54, 1.807) is 4.57 Å². The second kappa shape index (κ2) is 9.54. The zero-order chi connectivity index (χ0) is 24.3. The highest BCUT2D eigenvalue weighted by Gasteiger charge is 2.26. The van der Waals surface area contributed by atoms with Crippen molar-refractivity contribution in [1.29, 1.82) is 0 Å². The molecule has 4 rings (SSSR count). The Morgan fingerprint density at radius 2 is 1.74 bits per heavy atom. The predicted molar refractivity (Wildman–Crippen MR) is 129 cm³/mol. The lowest BCUT2D eigenvalue weighted by Gasteiger charge is -2.18. The summed E-state index contributed by atoms with van der Waals surface area (Å²) in [5, 5.41) is 18.8. The minimum absolute atomic E-state index is 0.260. The van der Waals surface area contributed by atoms with E-state index in [1.165, 1.54) is 0 Å². The van der Waals surface area contributed by atoms with Crippen molar-refractivity contribution in [3.05, 3.63) is 70.4 Å². The zero-order valence-electron chi connectivity index (χ0n) is 19.9. The van der Waals surface area contributed by atoms with Gasteiger partial charge in [-0.2, -0.15) is 5.21 Å². The summed E-state index contributed by atoms with van der Waals surface area (Å²) < 4.78 is 2.64. The fourth-order valence-electron chi connectivity index (χ4n) is 3.87. The quantitative estimate of drug-likeness (QED) is 0.446. The second-order valence-corrected chi connectivity index (χ2v) is 9.33. The van der Waals surface area contributed by atoms with Crippen LogP contribution in [-0.2, 0) is 12.0 Å². The van der Waals surface area contributed by atoms with E-state index in [4.69, 9.17) is 0 Å². The minimum atomic E-state index is -0.391. The molecule has 9 heteroatoms. The Hall–Kier alpha value is -3.88. The van der Waals surface area contributed by atoms with Crippen LogP contribution in [0.15, 0.2) is 53.3 Å². The number of benzene rings is 2. The van der Waals surface area contributed by atoms with E-state index in [-0.39, 0.29) is 11.3 Å². The Morgan fingerprint density at radius 1 is 1.03 bits per heavy atom. The summed E-state index contributed by atoms with van der Waals surface area (Å²) in [6.45, 7) is 8.32. The number of hydrogen-bond donors (Lipinski definition) is 1. The first-order valence-electron chi connectivity index (χ1n) is 11.4. The molecule has 2 aromatic carbocycles. The van der Waals surface area contributed by atoms with Crippen LogP contribution < -0.4 is 5.69 Å². The summed E-state index contributed by atoms with van der Waals surface area (Å²) in [6.07, 6.45) is 1.93. The first kappa shape index (κ1) is 23.3. The highest BCUT2D eigenvalue weighted by Crippen LogP contribution is 2.30. The number of nitrogens with one attached hydrogen (secondary N) is 1. The first-order valence-corrected chi connectivity index (χ1v) is 11.4. The standard InChI is InChI=1S/C25H29N7O2/c1-5-6-11-21(33)32-24(34)31(23(28-32)25(2,3)4)16-17-12-14-18(15-13-17)19-9-7-8-10-20(19)22-26-29-30-27-22/h7-10,12-15H,5-6,11,16H2,1-4H3,(H,26,27,29,30). The van der Waals surface area contributed by atoms with Crippen LogP contribution in [0.4, 0.5) is 0 Å². The van der Waals surface area contributed by atoms with Gasteiger partial charge < -0.3 is 0 Å². The molecular weight excluding hydrogens is 430 g/mol. The van der Waals surface area contributed by atoms with E-state index in [1.807, 2.05) is 76.2 Å². The molecular formula is C25H29N7O2. The molecule has 9 nitrogen and oxygen atoms in total. The van der Waals surface area contributed by atoms with E-state index in [0.29, 0.717) is 24.6 Å². The number of unbranched alkanes of at least 4 members (excludes halogenated alkanes) is 1. The number of nitrogens with zero attached hydrogens (tertiary/aromatic N) is 6. The van der Waals surface area contributed by atoms with Crippen LogP contribution in [0.1, 0.15) is 63.1 Å². The third kappa shape index (κ3) is 4.73. The van der Waals surface area contributed by atoms with Crippen LogP contribution in [-0.4, -0.2) is 40.9 Å². The molecule has 176 valence electrons. The largest absolute Gasteiger partial charge is 0.353 e. The Kier molecular flexibility index (Phi) is 6.54. The van der Waals surface area contributed by atoms with Crippen molar-refractivity contribution in [3.63, 3.8) is 0 Å².